The highest BCUT2D eigenvalue weighted by Crippen LogP contribution is 2.20. The summed E-state index contributed by atoms with van der Waals surface area (Å²) in [7, 11) is 0. The van der Waals surface area contributed by atoms with Crippen LogP contribution in [0.25, 0.3) is 0 Å². The maximum Gasteiger partial charge on any atom is 0.123 e. The van der Waals surface area contributed by atoms with Crippen LogP contribution >= 0.6 is 11.3 Å². The Hall–Kier alpha value is -1.30. The summed E-state index contributed by atoms with van der Waals surface area (Å²) < 4.78 is 12.9. The third kappa shape index (κ3) is 4.59. The lowest BCUT2D eigenvalue weighted by Gasteiger charge is -2.18. The van der Waals surface area contributed by atoms with E-state index in [1.807, 2.05) is 20.8 Å². The molecule has 0 spiro atoms. The van der Waals surface area contributed by atoms with Crippen molar-refractivity contribution in [1.29, 1.82) is 0 Å². The van der Waals surface area contributed by atoms with Gasteiger partial charge in [0, 0.05) is 17.5 Å². The first-order chi connectivity index (χ1) is 9.95. The van der Waals surface area contributed by atoms with E-state index >= 15 is 0 Å². The maximum atomic E-state index is 12.9. The number of aliphatic hydroxyl groups is 1. The van der Waals surface area contributed by atoms with Crippen molar-refractivity contribution in [2.75, 3.05) is 0 Å². The lowest BCUT2D eigenvalue weighted by Crippen LogP contribution is -2.27. The van der Waals surface area contributed by atoms with Gasteiger partial charge in [0.15, 0.2) is 0 Å². The van der Waals surface area contributed by atoms with E-state index in [4.69, 9.17) is 0 Å². The first-order valence-electron chi connectivity index (χ1n) is 7.05. The van der Waals surface area contributed by atoms with Crippen molar-refractivity contribution < 1.29 is 9.50 Å². The van der Waals surface area contributed by atoms with Crippen LogP contribution in [0.5, 0.6) is 0 Å². The zero-order valence-electron chi connectivity index (χ0n) is 12.6. The van der Waals surface area contributed by atoms with E-state index in [0.29, 0.717) is 6.42 Å². The van der Waals surface area contributed by atoms with Crippen LogP contribution in [0.2, 0.25) is 0 Å². The van der Waals surface area contributed by atoms with E-state index < -0.39 is 6.10 Å². The fourth-order valence-corrected chi connectivity index (χ4v) is 3.13. The van der Waals surface area contributed by atoms with Crippen molar-refractivity contribution in [2.24, 2.45) is 0 Å². The molecule has 2 N–H and O–H groups in total. The van der Waals surface area contributed by atoms with E-state index in [2.05, 4.69) is 10.3 Å². The molecule has 2 unspecified atom stereocenters. The van der Waals surface area contributed by atoms with Gasteiger partial charge < -0.3 is 10.4 Å². The Bertz CT molecular complexity index is 582. The number of thiazole rings is 1. The third-order valence-corrected chi connectivity index (χ3v) is 4.52. The molecule has 3 nitrogen and oxygen atoms in total. The number of halogens is 1. The lowest BCUT2D eigenvalue weighted by atomic mass is 10.0. The molecular formula is C16H21FN2OS. The molecule has 5 heteroatoms. The number of nitrogens with zero attached hydrogens (tertiary/aromatic N) is 1. The van der Waals surface area contributed by atoms with Crippen LogP contribution < -0.4 is 5.32 Å². The number of aliphatic hydroxyl groups excluding tert-OH is 1. The average Bonchev–Trinajstić information content (AvgIpc) is 2.75. The van der Waals surface area contributed by atoms with E-state index in [1.165, 1.54) is 17.0 Å². The summed E-state index contributed by atoms with van der Waals surface area (Å²) in [5.41, 5.74) is 1.81. The number of aryl methyl sites for hydroxylation is 2. The zero-order valence-corrected chi connectivity index (χ0v) is 13.4. The number of hydrogen-bond donors (Lipinski definition) is 2. The van der Waals surface area contributed by atoms with Gasteiger partial charge in [0.1, 0.15) is 5.82 Å². The van der Waals surface area contributed by atoms with Gasteiger partial charge in [-0.3, -0.25) is 0 Å². The smallest absolute Gasteiger partial charge is 0.123 e. The number of benzene rings is 1. The first kappa shape index (κ1) is 16.1. The molecule has 114 valence electrons. The van der Waals surface area contributed by atoms with Crippen LogP contribution in [-0.2, 0) is 6.54 Å². The van der Waals surface area contributed by atoms with Crippen LogP contribution in [0.4, 0.5) is 4.39 Å². The summed E-state index contributed by atoms with van der Waals surface area (Å²) in [6, 6.07) is 6.17. The van der Waals surface area contributed by atoms with E-state index in [-0.39, 0.29) is 11.9 Å². The molecule has 1 heterocycles. The predicted octanol–water partition coefficient (Wildman–Crippen LogP) is 3.50. The number of rotatable bonds is 6. The molecule has 2 atom stereocenters. The normalized spacial score (nSPS) is 14.1. The van der Waals surface area contributed by atoms with Crippen molar-refractivity contribution in [1.82, 2.24) is 10.3 Å². The minimum Gasteiger partial charge on any atom is -0.388 e. The van der Waals surface area contributed by atoms with Gasteiger partial charge in [-0.05, 0) is 44.9 Å². The van der Waals surface area contributed by atoms with Crippen LogP contribution in [0, 0.1) is 19.7 Å². The molecular weight excluding hydrogens is 287 g/mol. The fourth-order valence-electron chi connectivity index (χ4n) is 2.24. The van der Waals surface area contributed by atoms with Crippen molar-refractivity contribution in [3.05, 3.63) is 51.2 Å². The number of hydrogen-bond acceptors (Lipinski definition) is 4. The molecule has 0 aliphatic rings. The van der Waals surface area contributed by atoms with E-state index in [1.54, 1.807) is 23.5 Å². The molecule has 0 radical (unpaired) electrons. The average molecular weight is 308 g/mol. The van der Waals surface area contributed by atoms with Crippen molar-refractivity contribution in [3.8, 4) is 0 Å². The van der Waals surface area contributed by atoms with Crippen LogP contribution in [0.1, 0.15) is 40.6 Å². The van der Waals surface area contributed by atoms with Crippen molar-refractivity contribution in [3.63, 3.8) is 0 Å². The summed E-state index contributed by atoms with van der Waals surface area (Å²) in [4.78, 5) is 5.63. The molecule has 1 aromatic heterocycles. The van der Waals surface area contributed by atoms with Gasteiger partial charge in [-0.2, -0.15) is 0 Å². The summed E-state index contributed by atoms with van der Waals surface area (Å²) in [5, 5.41) is 14.6. The minimum atomic E-state index is -0.586. The molecule has 0 aliphatic heterocycles. The molecule has 2 aromatic rings. The molecule has 0 saturated carbocycles. The van der Waals surface area contributed by atoms with E-state index in [0.717, 1.165) is 22.8 Å². The summed E-state index contributed by atoms with van der Waals surface area (Å²) in [6.07, 6.45) is 0.0000332. The molecule has 0 bridgehead atoms. The Morgan fingerprint density at radius 1 is 1.29 bits per heavy atom. The maximum absolute atomic E-state index is 12.9. The second-order valence-corrected chi connectivity index (χ2v) is 6.61. The molecule has 1 aromatic carbocycles. The molecule has 0 fully saturated rings. The van der Waals surface area contributed by atoms with E-state index in [9.17, 15) is 9.50 Å². The Kier molecular flexibility index (Phi) is 5.45. The fraction of sp³-hybridized carbons (Fsp3) is 0.438. The zero-order chi connectivity index (χ0) is 15.4. The molecule has 0 saturated heterocycles. The van der Waals surface area contributed by atoms with Gasteiger partial charge in [0.05, 0.1) is 16.8 Å². The number of aromatic nitrogens is 1. The third-order valence-electron chi connectivity index (χ3n) is 3.44. The van der Waals surface area contributed by atoms with Gasteiger partial charge in [-0.1, -0.05) is 12.1 Å². The predicted molar refractivity (Wildman–Crippen MR) is 83.9 cm³/mol. The van der Waals surface area contributed by atoms with Crippen molar-refractivity contribution >= 4 is 11.3 Å². The van der Waals surface area contributed by atoms with Crippen LogP contribution in [0.15, 0.2) is 24.3 Å². The standard InChI is InChI=1S/C16H21FN2OS/c1-10(18-9-16-11(2)19-12(3)21-16)8-15(20)13-4-6-14(17)7-5-13/h4-7,10,15,18,20H,8-9H2,1-3H3. The highest BCUT2D eigenvalue weighted by atomic mass is 32.1. The second-order valence-electron chi connectivity index (χ2n) is 5.33. The Morgan fingerprint density at radius 3 is 2.52 bits per heavy atom. The minimum absolute atomic E-state index is 0.159. The van der Waals surface area contributed by atoms with Crippen LogP contribution in [0.3, 0.4) is 0 Å². The van der Waals surface area contributed by atoms with Gasteiger partial charge >= 0.3 is 0 Å². The SMILES string of the molecule is Cc1nc(C)c(CNC(C)CC(O)c2ccc(F)cc2)s1. The monoisotopic (exact) mass is 308 g/mol. The molecule has 21 heavy (non-hydrogen) atoms. The quantitative estimate of drug-likeness (QED) is 0.858. The molecule has 0 aliphatic carbocycles. The Balaban J connectivity index is 1.85. The topological polar surface area (TPSA) is 45.2 Å². The highest BCUT2D eigenvalue weighted by molar-refractivity contribution is 7.11. The Morgan fingerprint density at radius 2 is 1.95 bits per heavy atom. The van der Waals surface area contributed by atoms with Gasteiger partial charge in [-0.15, -0.1) is 11.3 Å². The van der Waals surface area contributed by atoms with Gasteiger partial charge in [0.25, 0.3) is 0 Å². The second kappa shape index (κ2) is 7.11. The highest BCUT2D eigenvalue weighted by Gasteiger charge is 2.13. The van der Waals surface area contributed by atoms with Gasteiger partial charge in [0.2, 0.25) is 0 Å². The van der Waals surface area contributed by atoms with Crippen molar-refractivity contribution in [2.45, 2.75) is 45.9 Å². The molecule has 0 amide bonds. The van der Waals surface area contributed by atoms with Gasteiger partial charge in [-0.25, -0.2) is 9.37 Å². The summed E-state index contributed by atoms with van der Waals surface area (Å²) in [6.45, 7) is 6.81. The summed E-state index contributed by atoms with van der Waals surface area (Å²) >= 11 is 1.70. The first-order valence-corrected chi connectivity index (χ1v) is 7.87. The lowest BCUT2D eigenvalue weighted by molar-refractivity contribution is 0.154. The largest absolute Gasteiger partial charge is 0.388 e. The number of nitrogens with one attached hydrogen (secondary N) is 1. The Labute approximate surface area is 128 Å². The summed E-state index contributed by atoms with van der Waals surface area (Å²) in [5.74, 6) is -0.284. The molecule has 2 rings (SSSR count). The van der Waals surface area contributed by atoms with Crippen LogP contribution in [-0.4, -0.2) is 16.1 Å².